The van der Waals surface area contributed by atoms with Crippen LogP contribution < -0.4 is 16.1 Å². The van der Waals surface area contributed by atoms with Crippen LogP contribution in [0.4, 0.5) is 0 Å². The molecule has 1 saturated heterocycles. The summed E-state index contributed by atoms with van der Waals surface area (Å²) >= 11 is 0. The lowest BCUT2D eigenvalue weighted by atomic mass is 9.81. The van der Waals surface area contributed by atoms with Crippen LogP contribution in [0.2, 0.25) is 0 Å². The van der Waals surface area contributed by atoms with Crippen molar-refractivity contribution in [3.05, 3.63) is 41.5 Å². The number of nitrogens with zero attached hydrogens (tertiary/aromatic N) is 1. The number of nitrogens with one attached hydrogen (secondary N) is 3. The van der Waals surface area contributed by atoms with Gasteiger partial charge in [-0.2, -0.15) is 0 Å². The SMILES string of the molecule is CN(C)CC1(CNC2CCNCC2c2ccccc2/C=C/C(=O)NO)CCCC1. The van der Waals surface area contributed by atoms with E-state index >= 15 is 0 Å². The minimum Gasteiger partial charge on any atom is -0.316 e. The highest BCUT2D eigenvalue weighted by atomic mass is 16.5. The van der Waals surface area contributed by atoms with E-state index in [-0.39, 0.29) is 0 Å². The van der Waals surface area contributed by atoms with E-state index in [4.69, 9.17) is 5.21 Å². The zero-order valence-corrected chi connectivity index (χ0v) is 17.8. The average molecular weight is 401 g/mol. The summed E-state index contributed by atoms with van der Waals surface area (Å²) < 4.78 is 0. The minimum atomic E-state index is -0.511. The smallest absolute Gasteiger partial charge is 0.267 e. The molecular formula is C23H36N4O2. The van der Waals surface area contributed by atoms with E-state index in [0.29, 0.717) is 17.4 Å². The molecule has 1 aromatic rings. The summed E-state index contributed by atoms with van der Waals surface area (Å²) in [7, 11) is 4.36. The van der Waals surface area contributed by atoms with Gasteiger partial charge in [0, 0.05) is 37.7 Å². The summed E-state index contributed by atoms with van der Waals surface area (Å²) in [4.78, 5) is 13.8. The number of carbonyl (C=O) groups is 1. The lowest BCUT2D eigenvalue weighted by Gasteiger charge is -2.38. The van der Waals surface area contributed by atoms with Gasteiger partial charge in [0.1, 0.15) is 0 Å². The predicted octanol–water partition coefficient (Wildman–Crippen LogP) is 2.36. The summed E-state index contributed by atoms with van der Waals surface area (Å²) in [6.45, 7) is 4.16. The lowest BCUT2D eigenvalue weighted by molar-refractivity contribution is -0.124. The van der Waals surface area contributed by atoms with Crippen molar-refractivity contribution in [3.63, 3.8) is 0 Å². The highest BCUT2D eigenvalue weighted by molar-refractivity contribution is 5.91. The highest BCUT2D eigenvalue weighted by Gasteiger charge is 2.36. The van der Waals surface area contributed by atoms with Gasteiger partial charge in [-0.25, -0.2) is 5.48 Å². The molecule has 0 bridgehead atoms. The molecular weight excluding hydrogens is 364 g/mol. The summed E-state index contributed by atoms with van der Waals surface area (Å²) in [5, 5.41) is 16.3. The Morgan fingerprint density at radius 1 is 1.31 bits per heavy atom. The quantitative estimate of drug-likeness (QED) is 0.306. The second-order valence-corrected chi connectivity index (χ2v) is 8.97. The maximum absolute atomic E-state index is 11.4. The molecule has 1 aliphatic heterocycles. The van der Waals surface area contributed by atoms with E-state index in [1.165, 1.54) is 37.3 Å². The van der Waals surface area contributed by atoms with Gasteiger partial charge in [-0.1, -0.05) is 37.1 Å². The van der Waals surface area contributed by atoms with Crippen molar-refractivity contribution in [3.8, 4) is 0 Å². The van der Waals surface area contributed by atoms with Crippen LogP contribution in [0.15, 0.2) is 30.3 Å². The van der Waals surface area contributed by atoms with Gasteiger partial charge in [0.2, 0.25) is 0 Å². The Balaban J connectivity index is 1.75. The number of benzene rings is 1. The highest BCUT2D eigenvalue weighted by Crippen LogP contribution is 2.38. The van der Waals surface area contributed by atoms with Crippen molar-refractivity contribution < 1.29 is 10.0 Å². The standard InChI is InChI=1S/C23H36N4O2/c1-27(2)17-23(12-5-6-13-23)16-25-21-11-14-24-15-20(21)19-8-4-3-7-18(19)9-10-22(28)26-29/h3-4,7-10,20-21,24-25,29H,5-6,11-17H2,1-2H3,(H,26,28)/b10-9+. The molecule has 1 saturated carbocycles. The first kappa shape index (κ1) is 22.0. The summed E-state index contributed by atoms with van der Waals surface area (Å²) in [5.74, 6) is -0.164. The molecule has 2 aliphatic rings. The molecule has 1 amide bonds. The van der Waals surface area contributed by atoms with Gasteiger partial charge < -0.3 is 15.5 Å². The zero-order chi connectivity index (χ0) is 20.7. The molecule has 1 heterocycles. The minimum absolute atomic E-state index is 0.347. The molecule has 2 unspecified atom stereocenters. The molecule has 0 spiro atoms. The van der Waals surface area contributed by atoms with Gasteiger partial charge in [-0.05, 0) is 62.5 Å². The topological polar surface area (TPSA) is 76.6 Å². The summed E-state index contributed by atoms with van der Waals surface area (Å²) in [6, 6.07) is 8.66. The first-order valence-corrected chi connectivity index (χ1v) is 10.8. The molecule has 2 atom stereocenters. The fraction of sp³-hybridized carbons (Fsp3) is 0.609. The van der Waals surface area contributed by atoms with Crippen molar-refractivity contribution in [2.24, 2.45) is 5.41 Å². The van der Waals surface area contributed by atoms with Crippen LogP contribution in [-0.2, 0) is 4.79 Å². The van der Waals surface area contributed by atoms with Crippen LogP contribution in [0.1, 0.15) is 49.1 Å². The molecule has 0 radical (unpaired) electrons. The number of carbonyl (C=O) groups excluding carboxylic acids is 1. The maximum atomic E-state index is 11.4. The van der Waals surface area contributed by atoms with Gasteiger partial charge >= 0.3 is 0 Å². The molecule has 6 nitrogen and oxygen atoms in total. The largest absolute Gasteiger partial charge is 0.316 e. The summed E-state index contributed by atoms with van der Waals surface area (Å²) in [6.07, 6.45) is 9.56. The third kappa shape index (κ3) is 5.89. The fourth-order valence-corrected chi connectivity index (χ4v) is 5.17. The van der Waals surface area contributed by atoms with Crippen molar-refractivity contribution in [1.29, 1.82) is 0 Å². The number of piperidine rings is 1. The van der Waals surface area contributed by atoms with Crippen molar-refractivity contribution in [2.45, 2.75) is 44.1 Å². The average Bonchev–Trinajstić information content (AvgIpc) is 3.19. The lowest BCUT2D eigenvalue weighted by Crippen LogP contribution is -2.50. The molecule has 1 aliphatic carbocycles. The monoisotopic (exact) mass is 400 g/mol. The maximum Gasteiger partial charge on any atom is 0.267 e. The molecule has 4 N–H and O–H groups in total. The van der Waals surface area contributed by atoms with Crippen LogP contribution in [0.25, 0.3) is 6.08 Å². The molecule has 29 heavy (non-hydrogen) atoms. The molecule has 3 rings (SSSR count). The van der Waals surface area contributed by atoms with Crippen molar-refractivity contribution in [2.75, 3.05) is 40.3 Å². The van der Waals surface area contributed by atoms with E-state index in [9.17, 15) is 4.79 Å². The number of amides is 1. The van der Waals surface area contributed by atoms with Crippen LogP contribution in [0, 0.1) is 5.41 Å². The van der Waals surface area contributed by atoms with Crippen molar-refractivity contribution in [1.82, 2.24) is 21.0 Å². The number of hydroxylamine groups is 1. The van der Waals surface area contributed by atoms with E-state index in [2.05, 4.69) is 41.8 Å². The second kappa shape index (κ2) is 10.3. The molecule has 0 aromatic heterocycles. The van der Waals surface area contributed by atoms with Gasteiger partial charge in [0.05, 0.1) is 0 Å². The van der Waals surface area contributed by atoms with E-state index in [0.717, 1.165) is 38.2 Å². The Morgan fingerprint density at radius 2 is 2.07 bits per heavy atom. The first-order valence-electron chi connectivity index (χ1n) is 10.8. The number of hydrogen-bond donors (Lipinski definition) is 4. The van der Waals surface area contributed by atoms with Gasteiger partial charge in [-0.15, -0.1) is 0 Å². The fourth-order valence-electron chi connectivity index (χ4n) is 5.17. The molecule has 2 fully saturated rings. The normalized spacial score (nSPS) is 24.3. The third-order valence-electron chi connectivity index (χ3n) is 6.46. The Kier molecular flexibility index (Phi) is 7.84. The Labute approximate surface area is 174 Å². The summed E-state index contributed by atoms with van der Waals surface area (Å²) in [5.41, 5.74) is 4.32. The Hall–Kier alpha value is -1.73. The Bertz CT molecular complexity index is 698. The molecule has 6 heteroatoms. The van der Waals surface area contributed by atoms with Gasteiger partial charge in [0.15, 0.2) is 0 Å². The first-order chi connectivity index (χ1) is 14.0. The van der Waals surface area contributed by atoms with Crippen LogP contribution in [0.5, 0.6) is 0 Å². The van der Waals surface area contributed by atoms with E-state index in [1.54, 1.807) is 11.6 Å². The second-order valence-electron chi connectivity index (χ2n) is 8.97. The van der Waals surface area contributed by atoms with Crippen molar-refractivity contribution >= 4 is 12.0 Å². The molecule has 1 aromatic carbocycles. The van der Waals surface area contributed by atoms with Crippen LogP contribution in [0.3, 0.4) is 0 Å². The molecule has 160 valence electrons. The predicted molar refractivity (Wildman–Crippen MR) is 117 cm³/mol. The van der Waals surface area contributed by atoms with Gasteiger partial charge in [0.25, 0.3) is 5.91 Å². The zero-order valence-electron chi connectivity index (χ0n) is 17.8. The van der Waals surface area contributed by atoms with Crippen LogP contribution >= 0.6 is 0 Å². The van der Waals surface area contributed by atoms with E-state index < -0.39 is 5.91 Å². The number of rotatable bonds is 8. The third-order valence-corrected chi connectivity index (χ3v) is 6.46. The Morgan fingerprint density at radius 3 is 2.79 bits per heavy atom. The van der Waals surface area contributed by atoms with E-state index in [1.807, 2.05) is 12.1 Å². The van der Waals surface area contributed by atoms with Gasteiger partial charge in [-0.3, -0.25) is 10.0 Å². The van der Waals surface area contributed by atoms with Crippen LogP contribution in [-0.4, -0.2) is 62.3 Å². The number of hydrogen-bond acceptors (Lipinski definition) is 5.